The highest BCUT2D eigenvalue weighted by atomic mass is 79.9. The number of nitro benzene ring substituents is 1. The van der Waals surface area contributed by atoms with Gasteiger partial charge in [-0.25, -0.2) is 9.48 Å². The molecule has 1 heterocycles. The van der Waals surface area contributed by atoms with E-state index in [0.717, 1.165) is 0 Å². The van der Waals surface area contributed by atoms with E-state index in [2.05, 4.69) is 21.0 Å². The van der Waals surface area contributed by atoms with Gasteiger partial charge in [-0.3, -0.25) is 10.1 Å². The summed E-state index contributed by atoms with van der Waals surface area (Å²) in [5, 5.41) is 23.5. The molecule has 0 spiro atoms. The first-order valence-electron chi connectivity index (χ1n) is 5.14. The Morgan fingerprint density at radius 1 is 1.53 bits per heavy atom. The third kappa shape index (κ3) is 2.48. The lowest BCUT2D eigenvalue weighted by molar-refractivity contribution is -0.385. The second-order valence-electron chi connectivity index (χ2n) is 3.80. The van der Waals surface area contributed by atoms with Crippen molar-refractivity contribution in [2.75, 3.05) is 0 Å². The van der Waals surface area contributed by atoms with Crippen LogP contribution in [-0.4, -0.2) is 25.8 Å². The van der Waals surface area contributed by atoms with Gasteiger partial charge in [0, 0.05) is 17.8 Å². The largest absolute Gasteiger partial charge is 0.476 e. The van der Waals surface area contributed by atoms with Crippen LogP contribution in [0.1, 0.15) is 16.1 Å². The molecule has 0 atom stereocenters. The molecule has 7 nitrogen and oxygen atoms in total. The van der Waals surface area contributed by atoms with E-state index in [9.17, 15) is 14.9 Å². The highest BCUT2D eigenvalue weighted by molar-refractivity contribution is 9.10. The van der Waals surface area contributed by atoms with E-state index in [1.165, 1.54) is 22.9 Å². The molecule has 1 aromatic heterocycles. The molecule has 0 saturated heterocycles. The van der Waals surface area contributed by atoms with Gasteiger partial charge < -0.3 is 5.11 Å². The van der Waals surface area contributed by atoms with E-state index in [1.807, 2.05) is 0 Å². The predicted octanol–water partition coefficient (Wildman–Crippen LogP) is 2.55. The Bertz CT molecular complexity index is 681. The van der Waals surface area contributed by atoms with E-state index >= 15 is 0 Å². The lowest BCUT2D eigenvalue weighted by atomic mass is 10.3. The molecule has 19 heavy (non-hydrogen) atoms. The Morgan fingerprint density at radius 3 is 2.68 bits per heavy atom. The minimum atomic E-state index is -1.11. The first-order valence-corrected chi connectivity index (χ1v) is 5.93. The van der Waals surface area contributed by atoms with Crippen molar-refractivity contribution >= 4 is 27.6 Å². The third-order valence-electron chi connectivity index (χ3n) is 2.49. The molecule has 0 fully saturated rings. The summed E-state index contributed by atoms with van der Waals surface area (Å²) in [4.78, 5) is 21.1. The molecule has 2 rings (SSSR count). The topological polar surface area (TPSA) is 98.3 Å². The number of aromatic carboxylic acids is 1. The van der Waals surface area contributed by atoms with E-state index in [1.54, 1.807) is 13.1 Å². The van der Waals surface area contributed by atoms with Crippen LogP contribution >= 0.6 is 15.9 Å². The number of hydrogen-bond donors (Lipinski definition) is 1. The quantitative estimate of drug-likeness (QED) is 0.690. The van der Waals surface area contributed by atoms with E-state index in [-0.39, 0.29) is 11.4 Å². The molecule has 2 aromatic rings. The van der Waals surface area contributed by atoms with Crippen molar-refractivity contribution in [3.05, 3.63) is 50.2 Å². The minimum absolute atomic E-state index is 0.0468. The summed E-state index contributed by atoms with van der Waals surface area (Å²) in [6.45, 7) is 1.63. The van der Waals surface area contributed by atoms with Crippen LogP contribution in [0.3, 0.4) is 0 Å². The molecule has 98 valence electrons. The van der Waals surface area contributed by atoms with Crippen LogP contribution in [0.4, 0.5) is 5.69 Å². The Balaban J connectivity index is 2.48. The molecule has 8 heteroatoms. The van der Waals surface area contributed by atoms with Crippen LogP contribution in [0, 0.1) is 17.0 Å². The Morgan fingerprint density at radius 2 is 2.21 bits per heavy atom. The van der Waals surface area contributed by atoms with Crippen molar-refractivity contribution in [2.45, 2.75) is 6.92 Å². The smallest absolute Gasteiger partial charge is 0.356 e. The zero-order valence-corrected chi connectivity index (χ0v) is 11.3. The second-order valence-corrected chi connectivity index (χ2v) is 4.66. The summed E-state index contributed by atoms with van der Waals surface area (Å²) in [6, 6.07) is 4.34. The van der Waals surface area contributed by atoms with Crippen molar-refractivity contribution in [1.82, 2.24) is 9.78 Å². The van der Waals surface area contributed by atoms with Crippen LogP contribution in [0.5, 0.6) is 0 Å². The Labute approximate surface area is 115 Å². The zero-order valence-electron chi connectivity index (χ0n) is 9.70. The maximum Gasteiger partial charge on any atom is 0.356 e. The van der Waals surface area contributed by atoms with Crippen LogP contribution < -0.4 is 0 Å². The molecule has 0 saturated carbocycles. The van der Waals surface area contributed by atoms with Gasteiger partial charge in [-0.1, -0.05) is 0 Å². The number of carboxylic acid groups (broad SMARTS) is 1. The van der Waals surface area contributed by atoms with Gasteiger partial charge in [0.25, 0.3) is 5.69 Å². The molecular weight excluding hydrogens is 318 g/mol. The van der Waals surface area contributed by atoms with Crippen LogP contribution in [0.15, 0.2) is 28.9 Å². The van der Waals surface area contributed by atoms with Crippen molar-refractivity contribution in [3.63, 3.8) is 0 Å². The highest BCUT2D eigenvalue weighted by Crippen LogP contribution is 2.27. The van der Waals surface area contributed by atoms with Gasteiger partial charge in [-0.2, -0.15) is 5.10 Å². The fraction of sp³-hybridized carbons (Fsp3) is 0.0909. The summed E-state index contributed by atoms with van der Waals surface area (Å²) < 4.78 is 1.67. The molecule has 0 radical (unpaired) electrons. The average Bonchev–Trinajstić information content (AvgIpc) is 2.70. The maximum absolute atomic E-state index is 10.9. The maximum atomic E-state index is 10.9. The number of nitro groups is 1. The van der Waals surface area contributed by atoms with E-state index in [0.29, 0.717) is 15.7 Å². The van der Waals surface area contributed by atoms with Crippen molar-refractivity contribution < 1.29 is 14.8 Å². The number of benzene rings is 1. The van der Waals surface area contributed by atoms with E-state index in [4.69, 9.17) is 5.11 Å². The zero-order chi connectivity index (χ0) is 14.2. The lowest BCUT2D eigenvalue weighted by Crippen LogP contribution is -2.02. The Kier molecular flexibility index (Phi) is 3.34. The molecule has 1 N–H and O–H groups in total. The van der Waals surface area contributed by atoms with Gasteiger partial charge in [0.2, 0.25) is 0 Å². The lowest BCUT2D eigenvalue weighted by Gasteiger charge is -2.02. The summed E-state index contributed by atoms with van der Waals surface area (Å²) in [5.74, 6) is -1.11. The molecular formula is C11H8BrN3O4. The minimum Gasteiger partial charge on any atom is -0.476 e. The van der Waals surface area contributed by atoms with Gasteiger partial charge in [0.1, 0.15) is 0 Å². The van der Waals surface area contributed by atoms with Crippen molar-refractivity contribution in [1.29, 1.82) is 0 Å². The Hall–Kier alpha value is -2.22. The average molecular weight is 326 g/mol. The second kappa shape index (κ2) is 4.81. The van der Waals surface area contributed by atoms with Gasteiger partial charge >= 0.3 is 5.97 Å². The molecule has 1 aromatic carbocycles. The highest BCUT2D eigenvalue weighted by Gasteiger charge is 2.16. The van der Waals surface area contributed by atoms with Crippen LogP contribution in [0.25, 0.3) is 5.69 Å². The molecule has 0 aliphatic heterocycles. The summed E-state index contributed by atoms with van der Waals surface area (Å²) in [7, 11) is 0. The van der Waals surface area contributed by atoms with Crippen molar-refractivity contribution in [2.24, 2.45) is 0 Å². The molecule has 0 bridgehead atoms. The van der Waals surface area contributed by atoms with Gasteiger partial charge in [-0.05, 0) is 35.0 Å². The number of aromatic nitrogens is 2. The first-order chi connectivity index (χ1) is 8.90. The molecule has 0 aliphatic carbocycles. The number of hydrogen-bond acceptors (Lipinski definition) is 4. The number of halogens is 1. The number of nitrogens with zero attached hydrogens (tertiary/aromatic N) is 3. The fourth-order valence-corrected chi connectivity index (χ4v) is 2.10. The first kappa shape index (κ1) is 13.2. The SMILES string of the molecule is Cc1cn(-c2ccc([N+](=O)[O-])c(Br)c2)nc1C(=O)O. The normalized spacial score (nSPS) is 10.4. The molecule has 0 aliphatic rings. The monoisotopic (exact) mass is 325 g/mol. The summed E-state index contributed by atoms with van der Waals surface area (Å²) >= 11 is 3.10. The fourth-order valence-electron chi connectivity index (χ4n) is 1.59. The van der Waals surface area contributed by atoms with Crippen LogP contribution in [0.2, 0.25) is 0 Å². The summed E-state index contributed by atoms with van der Waals surface area (Å²) in [6.07, 6.45) is 1.55. The van der Waals surface area contributed by atoms with Gasteiger partial charge in [0.15, 0.2) is 5.69 Å². The summed E-state index contributed by atoms with van der Waals surface area (Å²) in [5.41, 5.74) is 0.940. The van der Waals surface area contributed by atoms with Crippen LogP contribution in [-0.2, 0) is 0 Å². The predicted molar refractivity (Wildman–Crippen MR) is 69.6 cm³/mol. The van der Waals surface area contributed by atoms with E-state index < -0.39 is 10.9 Å². The number of carboxylic acids is 1. The standard InChI is InChI=1S/C11H8BrN3O4/c1-6-5-14(13-10(6)11(16)17)7-2-3-9(15(18)19)8(12)4-7/h2-5H,1H3,(H,16,17). The third-order valence-corrected chi connectivity index (χ3v) is 3.13. The molecule has 0 amide bonds. The van der Waals surface area contributed by atoms with Gasteiger partial charge in [-0.15, -0.1) is 0 Å². The number of aryl methyl sites for hydroxylation is 1. The number of carbonyl (C=O) groups is 1. The van der Waals surface area contributed by atoms with Gasteiger partial charge in [0.05, 0.1) is 15.1 Å². The molecule has 0 unspecified atom stereocenters. The number of rotatable bonds is 3. The van der Waals surface area contributed by atoms with Crippen molar-refractivity contribution in [3.8, 4) is 5.69 Å².